The smallest absolute Gasteiger partial charge is 0.257 e. The number of hydrogen-bond acceptors (Lipinski definition) is 3. The molecular weight excluding hydrogens is 303 g/mol. The maximum atomic E-state index is 14.0. The van der Waals surface area contributed by atoms with E-state index < -0.39 is 29.5 Å². The molecule has 2 aromatic rings. The van der Waals surface area contributed by atoms with E-state index in [0.717, 1.165) is 23.9 Å². The predicted molar refractivity (Wildman–Crippen MR) is 70.5 cm³/mol. The van der Waals surface area contributed by atoms with E-state index in [-0.39, 0.29) is 21.0 Å². The summed E-state index contributed by atoms with van der Waals surface area (Å²) >= 11 is 0.768. The van der Waals surface area contributed by atoms with Crippen molar-refractivity contribution in [3.8, 4) is 0 Å². The van der Waals surface area contributed by atoms with Crippen LogP contribution < -0.4 is 5.32 Å². The van der Waals surface area contributed by atoms with Crippen LogP contribution in [-0.4, -0.2) is 11.0 Å². The van der Waals surface area contributed by atoms with Gasteiger partial charge in [0.05, 0.1) is 4.90 Å². The van der Waals surface area contributed by atoms with Crippen LogP contribution in [0.25, 0.3) is 0 Å². The molecule has 0 aliphatic carbocycles. The van der Waals surface area contributed by atoms with Gasteiger partial charge in [-0.1, -0.05) is 11.8 Å². The highest BCUT2D eigenvalue weighted by molar-refractivity contribution is 7.99. The van der Waals surface area contributed by atoms with Crippen LogP contribution in [0.3, 0.4) is 0 Å². The summed E-state index contributed by atoms with van der Waals surface area (Å²) in [7, 11) is 0. The molecule has 0 radical (unpaired) electrons. The second kappa shape index (κ2) is 5.09. The Morgan fingerprint density at radius 1 is 1.05 bits per heavy atom. The summed E-state index contributed by atoms with van der Waals surface area (Å²) < 4.78 is 40.4. The van der Waals surface area contributed by atoms with Crippen molar-refractivity contribution < 1.29 is 23.1 Å². The maximum Gasteiger partial charge on any atom is 0.257 e. The average molecular weight is 311 g/mol. The van der Waals surface area contributed by atoms with E-state index in [1.807, 2.05) is 0 Å². The zero-order chi connectivity index (χ0) is 15.1. The van der Waals surface area contributed by atoms with Gasteiger partial charge in [0.25, 0.3) is 5.91 Å². The molecule has 3 rings (SSSR count). The van der Waals surface area contributed by atoms with Crippen molar-refractivity contribution in [3.05, 3.63) is 53.3 Å². The molecule has 1 atom stereocenters. The number of halogens is 3. The number of hydrogen-bond donors (Lipinski definition) is 2. The number of aliphatic hydroxyl groups excluding tert-OH is 1. The van der Waals surface area contributed by atoms with Gasteiger partial charge < -0.3 is 10.4 Å². The van der Waals surface area contributed by atoms with E-state index in [1.165, 1.54) is 12.1 Å². The lowest BCUT2D eigenvalue weighted by atomic mass is 10.1. The third-order valence-electron chi connectivity index (χ3n) is 3.02. The van der Waals surface area contributed by atoms with Gasteiger partial charge >= 0.3 is 0 Å². The zero-order valence-electron chi connectivity index (χ0n) is 10.4. The molecule has 1 unspecified atom stereocenters. The average Bonchev–Trinajstić information content (AvgIpc) is 2.69. The van der Waals surface area contributed by atoms with Gasteiger partial charge in [-0.2, -0.15) is 0 Å². The first-order valence-electron chi connectivity index (χ1n) is 5.91. The molecule has 2 N–H and O–H groups in total. The van der Waals surface area contributed by atoms with Crippen LogP contribution in [0, 0.1) is 17.5 Å². The SMILES string of the molecule is O=C1Nc2cc(Sc3ccc(F)cc3F)c(F)cc2C1O. The summed E-state index contributed by atoms with van der Waals surface area (Å²) in [6.07, 6.45) is -1.41. The maximum absolute atomic E-state index is 14.0. The highest BCUT2D eigenvalue weighted by Gasteiger charge is 2.30. The fourth-order valence-electron chi connectivity index (χ4n) is 2.00. The Bertz CT molecular complexity index is 751. The normalized spacial score (nSPS) is 16.8. The first-order chi connectivity index (χ1) is 9.95. The fourth-order valence-corrected chi connectivity index (χ4v) is 2.86. The van der Waals surface area contributed by atoms with Crippen molar-refractivity contribution in [1.82, 2.24) is 0 Å². The Morgan fingerprint density at radius 3 is 2.48 bits per heavy atom. The van der Waals surface area contributed by atoms with Gasteiger partial charge in [0, 0.05) is 22.2 Å². The number of fused-ring (bicyclic) bond motifs is 1. The van der Waals surface area contributed by atoms with Gasteiger partial charge in [-0.05, 0) is 24.3 Å². The van der Waals surface area contributed by atoms with Crippen molar-refractivity contribution in [2.45, 2.75) is 15.9 Å². The molecule has 0 aromatic heterocycles. The molecule has 2 aromatic carbocycles. The van der Waals surface area contributed by atoms with Crippen molar-refractivity contribution in [2.24, 2.45) is 0 Å². The molecule has 1 aliphatic heterocycles. The lowest BCUT2D eigenvalue weighted by molar-refractivity contribution is -0.123. The number of benzene rings is 2. The first-order valence-corrected chi connectivity index (χ1v) is 6.72. The Kier molecular flexibility index (Phi) is 3.38. The molecule has 0 fully saturated rings. The summed E-state index contributed by atoms with van der Waals surface area (Å²) in [6.45, 7) is 0. The van der Waals surface area contributed by atoms with Crippen molar-refractivity contribution >= 4 is 23.4 Å². The molecule has 0 bridgehead atoms. The van der Waals surface area contributed by atoms with Crippen LogP contribution in [0.5, 0.6) is 0 Å². The van der Waals surface area contributed by atoms with Gasteiger partial charge in [-0.15, -0.1) is 0 Å². The minimum Gasteiger partial charge on any atom is -0.378 e. The zero-order valence-corrected chi connectivity index (χ0v) is 11.2. The lowest BCUT2D eigenvalue weighted by Gasteiger charge is -2.08. The molecule has 108 valence electrons. The molecule has 3 nitrogen and oxygen atoms in total. The molecule has 1 heterocycles. The number of amides is 1. The third-order valence-corrected chi connectivity index (χ3v) is 4.10. The molecule has 1 aliphatic rings. The summed E-state index contributed by atoms with van der Waals surface area (Å²) in [5.74, 6) is -2.86. The molecule has 0 spiro atoms. The van der Waals surface area contributed by atoms with E-state index in [2.05, 4.69) is 5.32 Å². The molecule has 21 heavy (non-hydrogen) atoms. The van der Waals surface area contributed by atoms with Gasteiger partial charge in [0.2, 0.25) is 0 Å². The highest BCUT2D eigenvalue weighted by Crippen LogP contribution is 2.39. The quantitative estimate of drug-likeness (QED) is 0.895. The Hall–Kier alpha value is -1.99. The van der Waals surface area contributed by atoms with E-state index >= 15 is 0 Å². The number of nitrogens with one attached hydrogen (secondary N) is 1. The van der Waals surface area contributed by atoms with Crippen LogP contribution in [0.4, 0.5) is 18.9 Å². The summed E-state index contributed by atoms with van der Waals surface area (Å²) in [5.41, 5.74) is 0.417. The highest BCUT2D eigenvalue weighted by atomic mass is 32.2. The molecule has 7 heteroatoms. The van der Waals surface area contributed by atoms with E-state index in [0.29, 0.717) is 6.07 Å². The summed E-state index contributed by atoms with van der Waals surface area (Å²) in [5, 5.41) is 11.9. The first kappa shape index (κ1) is 14.0. The van der Waals surface area contributed by atoms with E-state index in [4.69, 9.17) is 0 Å². The standard InChI is InChI=1S/C14H8F3NO2S/c15-6-1-2-11(8(16)3-6)21-12-5-10-7(4-9(12)17)13(19)14(20)18-10/h1-5,13,19H,(H,18,20). The van der Waals surface area contributed by atoms with Crippen LogP contribution >= 0.6 is 11.8 Å². The number of carbonyl (C=O) groups excluding carboxylic acids is 1. The van der Waals surface area contributed by atoms with Crippen LogP contribution in [0.15, 0.2) is 40.1 Å². The van der Waals surface area contributed by atoms with Crippen LogP contribution in [0.2, 0.25) is 0 Å². The van der Waals surface area contributed by atoms with Crippen molar-refractivity contribution in [1.29, 1.82) is 0 Å². The monoisotopic (exact) mass is 311 g/mol. The number of rotatable bonds is 2. The minimum absolute atomic E-state index is 0.0557. The van der Waals surface area contributed by atoms with E-state index in [1.54, 1.807) is 0 Å². The second-order valence-corrected chi connectivity index (χ2v) is 5.52. The molecule has 0 saturated carbocycles. The van der Waals surface area contributed by atoms with E-state index in [9.17, 15) is 23.1 Å². The Morgan fingerprint density at radius 2 is 1.76 bits per heavy atom. The number of carbonyl (C=O) groups is 1. The van der Waals surface area contributed by atoms with Gasteiger partial charge in [0.1, 0.15) is 17.5 Å². The summed E-state index contributed by atoms with van der Waals surface area (Å²) in [4.78, 5) is 11.4. The topological polar surface area (TPSA) is 49.3 Å². The van der Waals surface area contributed by atoms with Crippen molar-refractivity contribution in [3.63, 3.8) is 0 Å². The molecule has 1 amide bonds. The van der Waals surface area contributed by atoms with Crippen LogP contribution in [0.1, 0.15) is 11.7 Å². The largest absolute Gasteiger partial charge is 0.378 e. The third kappa shape index (κ3) is 2.50. The van der Waals surface area contributed by atoms with Gasteiger partial charge in [-0.25, -0.2) is 13.2 Å². The number of aliphatic hydroxyl groups is 1. The molecule has 0 saturated heterocycles. The van der Waals surface area contributed by atoms with Crippen LogP contribution in [-0.2, 0) is 4.79 Å². The predicted octanol–water partition coefficient (Wildman–Crippen LogP) is 3.24. The van der Waals surface area contributed by atoms with Gasteiger partial charge in [-0.3, -0.25) is 4.79 Å². The second-order valence-electron chi connectivity index (χ2n) is 4.44. The Balaban J connectivity index is 1.97. The lowest BCUT2D eigenvalue weighted by Crippen LogP contribution is -2.10. The van der Waals surface area contributed by atoms with Gasteiger partial charge in [0.15, 0.2) is 6.10 Å². The minimum atomic E-state index is -1.41. The summed E-state index contributed by atoms with van der Waals surface area (Å²) in [6, 6.07) is 5.32. The molecular formula is C14H8F3NO2S. The number of anilines is 1. The van der Waals surface area contributed by atoms with Crippen molar-refractivity contribution in [2.75, 3.05) is 5.32 Å². The fraction of sp³-hybridized carbons (Fsp3) is 0.0714. The Labute approximate surface area is 121 Å².